The summed E-state index contributed by atoms with van der Waals surface area (Å²) in [6.45, 7) is 1.73. The lowest BCUT2D eigenvalue weighted by atomic mass is 9.92. The van der Waals surface area contributed by atoms with Crippen LogP contribution in [-0.2, 0) is 12.4 Å². The van der Waals surface area contributed by atoms with Crippen LogP contribution in [0.5, 0.6) is 5.75 Å². The van der Waals surface area contributed by atoms with Gasteiger partial charge in [-0.25, -0.2) is 4.98 Å². The summed E-state index contributed by atoms with van der Waals surface area (Å²) in [5.74, 6) is 0.539. The van der Waals surface area contributed by atoms with Crippen LogP contribution in [0.1, 0.15) is 76.7 Å². The van der Waals surface area contributed by atoms with Crippen molar-refractivity contribution >= 4 is 23.0 Å². The molecule has 3 aromatic heterocycles. The Hall–Kier alpha value is -5.50. The van der Waals surface area contributed by atoms with E-state index in [1.54, 1.807) is 37.3 Å². The Morgan fingerprint density at radius 1 is 0.722 bits per heavy atom. The van der Waals surface area contributed by atoms with Crippen LogP contribution in [0.2, 0.25) is 5.15 Å². The SMILES string of the molecule is Cc1cnc(Cl)c(N(C(c2cn[nH]c2)c2ccccc2C(F)(F)F)N(c2ccc(OC3CCCC3)cc2)C(c2cn[nH]c2)c2ccccc2C(F)(F)F)c1. The maximum absolute atomic E-state index is 15.0. The quantitative estimate of drug-likeness (QED) is 0.0776. The fourth-order valence-electron chi connectivity index (χ4n) is 7.06. The van der Waals surface area contributed by atoms with Crippen molar-refractivity contribution in [2.24, 2.45) is 0 Å². The number of ether oxygens (including phenoxy) is 1. The van der Waals surface area contributed by atoms with Gasteiger partial charge in [-0.15, -0.1) is 0 Å². The first-order valence-corrected chi connectivity index (χ1v) is 17.5. The molecule has 0 amide bonds. The number of aromatic nitrogens is 5. The Balaban J connectivity index is 1.57. The topological polar surface area (TPSA) is 86.0 Å². The Morgan fingerprint density at radius 2 is 1.24 bits per heavy atom. The van der Waals surface area contributed by atoms with E-state index in [2.05, 4.69) is 25.4 Å². The number of H-pyrrole nitrogens is 2. The highest BCUT2D eigenvalue weighted by atomic mass is 35.5. The molecule has 1 aliphatic carbocycles. The maximum Gasteiger partial charge on any atom is 0.416 e. The predicted molar refractivity (Wildman–Crippen MR) is 192 cm³/mol. The van der Waals surface area contributed by atoms with Gasteiger partial charge in [0.1, 0.15) is 17.8 Å². The van der Waals surface area contributed by atoms with Crippen LogP contribution in [0, 0.1) is 6.92 Å². The smallest absolute Gasteiger partial charge is 0.416 e. The molecule has 0 spiro atoms. The van der Waals surface area contributed by atoms with Crippen LogP contribution in [0.3, 0.4) is 0 Å². The van der Waals surface area contributed by atoms with Gasteiger partial charge in [-0.2, -0.15) is 36.5 Å². The van der Waals surface area contributed by atoms with Gasteiger partial charge in [0, 0.05) is 29.7 Å². The molecule has 15 heteroatoms. The van der Waals surface area contributed by atoms with E-state index in [4.69, 9.17) is 16.3 Å². The molecule has 7 rings (SSSR count). The summed E-state index contributed by atoms with van der Waals surface area (Å²) in [5, 5.41) is 16.5. The van der Waals surface area contributed by atoms with E-state index in [0.717, 1.165) is 37.8 Å². The second-order valence-electron chi connectivity index (χ2n) is 13.1. The highest BCUT2D eigenvalue weighted by Gasteiger charge is 2.44. The number of nitrogens with zero attached hydrogens (tertiary/aromatic N) is 5. The maximum atomic E-state index is 15.0. The van der Waals surface area contributed by atoms with Gasteiger partial charge in [0.25, 0.3) is 0 Å². The summed E-state index contributed by atoms with van der Waals surface area (Å²) < 4.78 is 96.2. The van der Waals surface area contributed by atoms with Gasteiger partial charge < -0.3 is 4.74 Å². The van der Waals surface area contributed by atoms with Crippen molar-refractivity contribution < 1.29 is 31.1 Å². The van der Waals surface area contributed by atoms with Gasteiger partial charge in [0.05, 0.1) is 41.0 Å². The van der Waals surface area contributed by atoms with Gasteiger partial charge in [0.15, 0.2) is 5.15 Å². The van der Waals surface area contributed by atoms with Crippen LogP contribution in [0.25, 0.3) is 0 Å². The number of aromatic amines is 2. The number of halogens is 7. The molecular weight excluding hydrogens is 732 g/mol. The van der Waals surface area contributed by atoms with Crippen LogP contribution >= 0.6 is 11.6 Å². The first-order valence-electron chi connectivity index (χ1n) is 17.2. The first kappa shape index (κ1) is 36.8. The van der Waals surface area contributed by atoms with E-state index in [-0.39, 0.29) is 39.2 Å². The molecular formula is C39H34ClF6N7O. The third kappa shape index (κ3) is 7.61. The Kier molecular flexibility index (Phi) is 10.3. The van der Waals surface area contributed by atoms with Crippen molar-refractivity contribution in [2.75, 3.05) is 10.0 Å². The molecule has 3 heterocycles. The number of benzene rings is 3. The molecule has 280 valence electrons. The molecule has 0 radical (unpaired) electrons. The zero-order valence-corrected chi connectivity index (χ0v) is 29.5. The van der Waals surface area contributed by atoms with E-state index in [1.807, 2.05) is 0 Å². The normalized spacial score (nSPS) is 14.9. The van der Waals surface area contributed by atoms with Crippen molar-refractivity contribution in [3.8, 4) is 5.75 Å². The Morgan fingerprint density at radius 3 is 1.74 bits per heavy atom. The number of anilines is 2. The minimum absolute atomic E-state index is 0.0160. The summed E-state index contributed by atoms with van der Waals surface area (Å²) in [7, 11) is 0. The van der Waals surface area contributed by atoms with E-state index in [9.17, 15) is 26.3 Å². The van der Waals surface area contributed by atoms with Crippen LogP contribution in [-0.4, -0.2) is 31.5 Å². The number of alkyl halides is 6. The average molecular weight is 766 g/mol. The van der Waals surface area contributed by atoms with E-state index in [1.165, 1.54) is 77.4 Å². The van der Waals surface area contributed by atoms with Crippen molar-refractivity contribution in [3.05, 3.63) is 154 Å². The third-order valence-electron chi connectivity index (χ3n) is 9.42. The van der Waals surface area contributed by atoms with Crippen LogP contribution in [0.15, 0.2) is 110 Å². The van der Waals surface area contributed by atoms with E-state index < -0.39 is 35.6 Å². The number of hydrazine groups is 1. The molecule has 1 saturated carbocycles. The number of rotatable bonds is 11. The van der Waals surface area contributed by atoms with Crippen molar-refractivity contribution in [3.63, 3.8) is 0 Å². The third-order valence-corrected chi connectivity index (χ3v) is 9.71. The summed E-state index contributed by atoms with van der Waals surface area (Å²) in [5.41, 5.74) is -0.804. The first-order chi connectivity index (χ1) is 25.9. The molecule has 2 unspecified atom stereocenters. The summed E-state index contributed by atoms with van der Waals surface area (Å²) in [6.07, 6.45) is 1.37. The minimum atomic E-state index is -4.82. The average Bonchev–Trinajstić information content (AvgIpc) is 3.97. The molecule has 3 aromatic carbocycles. The van der Waals surface area contributed by atoms with Gasteiger partial charge in [0.2, 0.25) is 0 Å². The van der Waals surface area contributed by atoms with Crippen LogP contribution in [0.4, 0.5) is 37.7 Å². The Bertz CT molecular complexity index is 2150. The largest absolute Gasteiger partial charge is 0.490 e. The predicted octanol–water partition coefficient (Wildman–Crippen LogP) is 10.7. The highest BCUT2D eigenvalue weighted by Crippen LogP contribution is 2.48. The molecule has 1 fully saturated rings. The standard InChI is InChI=1S/C39H34ClF6N7O/c1-24-18-34(37(40)47-19-24)53(36(26-22-50-51-23-26)31-11-5-7-13-33(31)39(44,45)46)52(27-14-16-29(17-15-27)54-28-8-2-3-9-28)35(25-20-48-49-21-25)30-10-4-6-12-32(30)38(41,42)43/h4-7,10-23,28,35-36H,2-3,8-9H2,1H3,(H,48,49)(H,50,51). The highest BCUT2D eigenvalue weighted by molar-refractivity contribution is 6.32. The molecule has 0 aliphatic heterocycles. The lowest BCUT2D eigenvalue weighted by molar-refractivity contribution is -0.139. The fraction of sp³-hybridized carbons (Fsp3) is 0.256. The second kappa shape index (κ2) is 15.1. The number of aryl methyl sites for hydroxylation is 1. The lowest BCUT2D eigenvalue weighted by Crippen LogP contribution is -2.49. The van der Waals surface area contributed by atoms with Gasteiger partial charge in [-0.1, -0.05) is 48.0 Å². The van der Waals surface area contributed by atoms with E-state index >= 15 is 0 Å². The second-order valence-corrected chi connectivity index (χ2v) is 13.4. The molecule has 54 heavy (non-hydrogen) atoms. The Labute approximate surface area is 311 Å². The van der Waals surface area contributed by atoms with Gasteiger partial charge in [-0.05, 0) is 91.8 Å². The molecule has 0 bridgehead atoms. The zero-order valence-electron chi connectivity index (χ0n) is 28.7. The van der Waals surface area contributed by atoms with Crippen molar-refractivity contribution in [1.29, 1.82) is 0 Å². The molecule has 6 aromatic rings. The number of nitrogens with one attached hydrogen (secondary N) is 2. The van der Waals surface area contributed by atoms with Crippen molar-refractivity contribution in [1.82, 2.24) is 25.4 Å². The number of pyridine rings is 1. The minimum Gasteiger partial charge on any atom is -0.490 e. The molecule has 2 N–H and O–H groups in total. The number of hydrogen-bond acceptors (Lipinski definition) is 6. The van der Waals surface area contributed by atoms with Gasteiger partial charge in [-0.3, -0.25) is 20.2 Å². The summed E-state index contributed by atoms with van der Waals surface area (Å²) in [6, 6.07) is 15.7. The molecule has 8 nitrogen and oxygen atoms in total. The summed E-state index contributed by atoms with van der Waals surface area (Å²) >= 11 is 6.90. The fourth-order valence-corrected chi connectivity index (χ4v) is 7.25. The number of hydrogen-bond donors (Lipinski definition) is 2. The van der Waals surface area contributed by atoms with Crippen molar-refractivity contribution in [2.45, 2.75) is 63.1 Å². The van der Waals surface area contributed by atoms with E-state index in [0.29, 0.717) is 17.0 Å². The molecule has 1 aliphatic rings. The van der Waals surface area contributed by atoms with Gasteiger partial charge >= 0.3 is 12.4 Å². The van der Waals surface area contributed by atoms with Crippen LogP contribution < -0.4 is 14.8 Å². The summed E-state index contributed by atoms with van der Waals surface area (Å²) in [4.78, 5) is 4.36. The molecule has 2 atom stereocenters. The zero-order chi connectivity index (χ0) is 38.0. The lowest BCUT2D eigenvalue weighted by Gasteiger charge is -2.48. The molecule has 0 saturated heterocycles. The monoisotopic (exact) mass is 765 g/mol.